The molecule has 2 aliphatic rings. The van der Waals surface area contributed by atoms with Crippen LogP contribution in [0.2, 0.25) is 0 Å². The summed E-state index contributed by atoms with van der Waals surface area (Å²) >= 11 is 0. The van der Waals surface area contributed by atoms with E-state index in [1.54, 1.807) is 19.1 Å². The van der Waals surface area contributed by atoms with Crippen molar-refractivity contribution < 1.29 is 19.1 Å². The second-order valence-corrected chi connectivity index (χ2v) is 6.09. The Morgan fingerprint density at radius 2 is 2.26 bits per heavy atom. The van der Waals surface area contributed by atoms with Crippen molar-refractivity contribution in [2.75, 3.05) is 33.9 Å². The van der Waals surface area contributed by atoms with Gasteiger partial charge in [0.2, 0.25) is 5.91 Å². The highest BCUT2D eigenvalue weighted by Gasteiger charge is 2.39. The van der Waals surface area contributed by atoms with E-state index < -0.39 is 0 Å². The predicted octanol–water partition coefficient (Wildman–Crippen LogP) is 0.905. The number of amides is 2. The van der Waals surface area contributed by atoms with E-state index in [4.69, 9.17) is 9.47 Å². The molecule has 0 spiro atoms. The van der Waals surface area contributed by atoms with Crippen LogP contribution in [0, 0.1) is 0 Å². The molecular weight excluding hydrogens is 296 g/mol. The van der Waals surface area contributed by atoms with Gasteiger partial charge in [0.05, 0.1) is 18.8 Å². The summed E-state index contributed by atoms with van der Waals surface area (Å²) in [5, 5.41) is 0. The summed E-state index contributed by atoms with van der Waals surface area (Å²) in [6.45, 7) is 1.79. The van der Waals surface area contributed by atoms with Crippen molar-refractivity contribution in [2.45, 2.75) is 25.2 Å². The molecule has 0 N–H and O–H groups in total. The van der Waals surface area contributed by atoms with E-state index in [0.717, 1.165) is 12.0 Å². The fourth-order valence-corrected chi connectivity index (χ4v) is 3.27. The highest BCUT2D eigenvalue weighted by atomic mass is 16.5. The van der Waals surface area contributed by atoms with Crippen LogP contribution in [0.3, 0.4) is 0 Å². The average molecular weight is 318 g/mol. The Kier molecular flexibility index (Phi) is 4.63. The number of nitrogens with zero attached hydrogens (tertiary/aromatic N) is 2. The third-order valence-electron chi connectivity index (χ3n) is 4.60. The number of carbonyl (C=O) groups is 2. The van der Waals surface area contributed by atoms with Gasteiger partial charge in [0.25, 0.3) is 5.91 Å². The number of fused-ring (bicyclic) bond motifs is 1. The summed E-state index contributed by atoms with van der Waals surface area (Å²) in [6, 6.07) is 7.43. The lowest BCUT2D eigenvalue weighted by molar-refractivity contribution is -0.159. The number of morpholine rings is 1. The van der Waals surface area contributed by atoms with Crippen LogP contribution in [-0.4, -0.2) is 67.6 Å². The van der Waals surface area contributed by atoms with Crippen LogP contribution < -0.4 is 0 Å². The Bertz CT molecular complexity index is 604. The van der Waals surface area contributed by atoms with E-state index in [-0.39, 0.29) is 30.6 Å². The van der Waals surface area contributed by atoms with Gasteiger partial charge >= 0.3 is 0 Å². The van der Waals surface area contributed by atoms with Gasteiger partial charge in [0, 0.05) is 32.8 Å². The minimum Gasteiger partial charge on any atom is -0.380 e. The van der Waals surface area contributed by atoms with Crippen molar-refractivity contribution in [3.63, 3.8) is 0 Å². The molecule has 0 radical (unpaired) electrons. The maximum atomic E-state index is 12.8. The molecule has 2 atom stereocenters. The highest BCUT2D eigenvalue weighted by Crippen LogP contribution is 2.24. The van der Waals surface area contributed by atoms with E-state index in [1.807, 2.05) is 29.2 Å². The molecule has 0 bridgehead atoms. The number of piperidine rings is 1. The molecule has 0 saturated carbocycles. The van der Waals surface area contributed by atoms with Crippen LogP contribution in [0.25, 0.3) is 0 Å². The van der Waals surface area contributed by atoms with Crippen LogP contribution in [0.1, 0.15) is 22.3 Å². The number of hydrogen-bond donors (Lipinski definition) is 0. The number of ether oxygens (including phenoxy) is 2. The lowest BCUT2D eigenvalue weighted by Crippen LogP contribution is -2.61. The van der Waals surface area contributed by atoms with Crippen LogP contribution in [0.4, 0.5) is 0 Å². The number of methoxy groups -OCH3 is 1. The van der Waals surface area contributed by atoms with Gasteiger partial charge in [-0.25, -0.2) is 0 Å². The Hall–Kier alpha value is -1.92. The molecule has 6 nitrogen and oxygen atoms in total. The predicted molar refractivity (Wildman–Crippen MR) is 84.0 cm³/mol. The fraction of sp³-hybridized carbons (Fsp3) is 0.529. The molecule has 0 aliphatic carbocycles. The first-order valence-electron chi connectivity index (χ1n) is 7.84. The zero-order valence-electron chi connectivity index (χ0n) is 13.5. The Morgan fingerprint density at radius 1 is 1.43 bits per heavy atom. The second kappa shape index (κ2) is 6.68. The van der Waals surface area contributed by atoms with E-state index >= 15 is 0 Å². The van der Waals surface area contributed by atoms with Gasteiger partial charge in [-0.1, -0.05) is 12.1 Å². The normalized spacial score (nSPS) is 24.5. The van der Waals surface area contributed by atoms with Crippen molar-refractivity contribution in [1.82, 2.24) is 9.80 Å². The lowest BCUT2D eigenvalue weighted by atomic mass is 9.98. The summed E-state index contributed by atoms with van der Waals surface area (Å²) in [7, 11) is 3.42. The van der Waals surface area contributed by atoms with E-state index in [1.165, 1.54) is 0 Å². The Morgan fingerprint density at radius 3 is 3.04 bits per heavy atom. The molecule has 3 rings (SSSR count). The number of likely N-dealkylation sites (N-methyl/N-ethyl adjacent to an activating group) is 1. The maximum absolute atomic E-state index is 12.8. The second-order valence-electron chi connectivity index (χ2n) is 6.09. The number of benzene rings is 1. The van der Waals surface area contributed by atoms with Gasteiger partial charge in [-0.3, -0.25) is 9.59 Å². The van der Waals surface area contributed by atoms with Crippen molar-refractivity contribution in [3.8, 4) is 0 Å². The SMILES string of the molecule is COCc1cccc(C(=O)N2CC[C@H]3OCC(=O)N(C)[C@H]3C2)c1. The van der Waals surface area contributed by atoms with Gasteiger partial charge in [-0.05, 0) is 24.1 Å². The molecule has 1 aromatic rings. The average Bonchev–Trinajstić information content (AvgIpc) is 2.58. The van der Waals surface area contributed by atoms with Gasteiger partial charge < -0.3 is 19.3 Å². The number of hydrogen-bond acceptors (Lipinski definition) is 4. The molecule has 0 aromatic heterocycles. The van der Waals surface area contributed by atoms with Crippen LogP contribution in [0.5, 0.6) is 0 Å². The van der Waals surface area contributed by atoms with Gasteiger partial charge in [0.15, 0.2) is 0 Å². The van der Waals surface area contributed by atoms with E-state index in [2.05, 4.69) is 0 Å². The molecule has 2 heterocycles. The van der Waals surface area contributed by atoms with Crippen molar-refractivity contribution >= 4 is 11.8 Å². The lowest BCUT2D eigenvalue weighted by Gasteiger charge is -2.45. The minimum absolute atomic E-state index is 0.00664. The third-order valence-corrected chi connectivity index (χ3v) is 4.60. The topological polar surface area (TPSA) is 59.1 Å². The third kappa shape index (κ3) is 3.23. The van der Waals surface area contributed by atoms with E-state index in [9.17, 15) is 9.59 Å². The Balaban J connectivity index is 1.73. The molecule has 23 heavy (non-hydrogen) atoms. The summed E-state index contributed by atoms with van der Waals surface area (Å²) in [6.07, 6.45) is 0.785. The zero-order valence-corrected chi connectivity index (χ0v) is 13.5. The molecule has 1 aromatic carbocycles. The monoisotopic (exact) mass is 318 g/mol. The smallest absolute Gasteiger partial charge is 0.253 e. The van der Waals surface area contributed by atoms with Crippen LogP contribution in [0.15, 0.2) is 24.3 Å². The van der Waals surface area contributed by atoms with Crippen molar-refractivity contribution in [1.29, 1.82) is 0 Å². The standard InChI is InChI=1S/C17H22N2O4/c1-18-14-9-19(7-6-15(14)23-11-16(18)20)17(21)13-5-3-4-12(8-13)10-22-2/h3-5,8,14-15H,6-7,9-11H2,1-2H3/t14-,15+/m0/s1. The minimum atomic E-state index is -0.0592. The largest absolute Gasteiger partial charge is 0.380 e. The first-order chi connectivity index (χ1) is 11.1. The molecule has 6 heteroatoms. The molecule has 2 aliphatic heterocycles. The summed E-state index contributed by atoms with van der Waals surface area (Å²) in [4.78, 5) is 28.1. The van der Waals surface area contributed by atoms with E-state index in [0.29, 0.717) is 25.3 Å². The summed E-state index contributed by atoms with van der Waals surface area (Å²) < 4.78 is 10.7. The molecule has 2 fully saturated rings. The fourth-order valence-electron chi connectivity index (χ4n) is 3.27. The van der Waals surface area contributed by atoms with Gasteiger partial charge in [-0.15, -0.1) is 0 Å². The first kappa shape index (κ1) is 16.0. The number of likely N-dealkylation sites (tertiary alicyclic amines) is 1. The molecular formula is C17H22N2O4. The zero-order chi connectivity index (χ0) is 16.4. The first-order valence-corrected chi connectivity index (χ1v) is 7.84. The number of rotatable bonds is 3. The van der Waals surface area contributed by atoms with Crippen LogP contribution >= 0.6 is 0 Å². The quantitative estimate of drug-likeness (QED) is 0.831. The summed E-state index contributed by atoms with van der Waals surface area (Å²) in [5.41, 5.74) is 1.63. The summed E-state index contributed by atoms with van der Waals surface area (Å²) in [5.74, 6) is -0.0320. The molecule has 0 unspecified atom stereocenters. The Labute approximate surface area is 136 Å². The molecule has 2 saturated heterocycles. The van der Waals surface area contributed by atoms with Crippen molar-refractivity contribution in [3.05, 3.63) is 35.4 Å². The van der Waals surface area contributed by atoms with Gasteiger partial charge in [-0.2, -0.15) is 0 Å². The maximum Gasteiger partial charge on any atom is 0.253 e. The highest BCUT2D eigenvalue weighted by molar-refractivity contribution is 5.94. The molecule has 124 valence electrons. The van der Waals surface area contributed by atoms with Gasteiger partial charge in [0.1, 0.15) is 6.61 Å². The van der Waals surface area contributed by atoms with Crippen LogP contribution in [-0.2, 0) is 20.9 Å². The molecule has 2 amide bonds. The van der Waals surface area contributed by atoms with Crippen molar-refractivity contribution in [2.24, 2.45) is 0 Å². The number of carbonyl (C=O) groups excluding carboxylic acids is 2.